The van der Waals surface area contributed by atoms with Gasteiger partial charge in [-0.1, -0.05) is 28.3 Å². The summed E-state index contributed by atoms with van der Waals surface area (Å²) < 4.78 is 2.40. The first-order valence-electron chi connectivity index (χ1n) is 5.90. The van der Waals surface area contributed by atoms with Crippen LogP contribution in [0.2, 0.25) is 10.0 Å². The fourth-order valence-corrected chi connectivity index (χ4v) is 2.64. The van der Waals surface area contributed by atoms with Crippen LogP contribution in [0.4, 0.5) is 11.6 Å². The Hall–Kier alpha value is -1.63. The molecular formula is C13H8BrCl2N5. The summed E-state index contributed by atoms with van der Waals surface area (Å²) in [4.78, 5) is 0. The fraction of sp³-hybridized carbons (Fsp3) is 0. The third-order valence-electron chi connectivity index (χ3n) is 2.72. The van der Waals surface area contributed by atoms with Crippen LogP contribution in [0, 0.1) is 0 Å². The zero-order chi connectivity index (χ0) is 14.8. The topological polar surface area (TPSA) is 55.6 Å². The first-order chi connectivity index (χ1) is 10.1. The van der Waals surface area contributed by atoms with Crippen molar-refractivity contribution < 1.29 is 0 Å². The highest BCUT2D eigenvalue weighted by Gasteiger charge is 2.10. The number of hydrogen-bond acceptors (Lipinski definition) is 4. The van der Waals surface area contributed by atoms with E-state index in [9.17, 15) is 0 Å². The maximum atomic E-state index is 5.92. The summed E-state index contributed by atoms with van der Waals surface area (Å²) in [6, 6.07) is 12.6. The van der Waals surface area contributed by atoms with Gasteiger partial charge < -0.3 is 5.32 Å². The van der Waals surface area contributed by atoms with Gasteiger partial charge in [-0.15, -0.1) is 0 Å². The van der Waals surface area contributed by atoms with Gasteiger partial charge in [0, 0.05) is 14.5 Å². The number of nitrogens with zero attached hydrogens (tertiary/aromatic N) is 4. The standard InChI is InChI=1S/C13H8BrCl2N5/c14-11-7-9(16)3-6-12(11)17-13-18-19-20-21(13)10-4-1-8(15)2-5-10/h1-7H,(H,17,18,20). The number of hydrogen-bond donors (Lipinski definition) is 1. The Morgan fingerprint density at radius 2 is 1.71 bits per heavy atom. The molecular weight excluding hydrogens is 377 g/mol. The predicted molar refractivity (Wildman–Crippen MR) is 86.6 cm³/mol. The molecule has 2 aromatic carbocycles. The molecule has 0 atom stereocenters. The molecule has 3 aromatic rings. The van der Waals surface area contributed by atoms with Crippen LogP contribution >= 0.6 is 39.1 Å². The minimum absolute atomic E-state index is 0.486. The number of rotatable bonds is 3. The van der Waals surface area contributed by atoms with Crippen molar-refractivity contribution in [3.63, 3.8) is 0 Å². The Morgan fingerprint density at radius 3 is 2.43 bits per heavy atom. The van der Waals surface area contributed by atoms with Crippen LogP contribution in [0.15, 0.2) is 46.9 Å². The van der Waals surface area contributed by atoms with Crippen molar-refractivity contribution in [2.24, 2.45) is 0 Å². The molecule has 0 saturated carbocycles. The average molecular weight is 385 g/mol. The van der Waals surface area contributed by atoms with Crippen LogP contribution in [0.3, 0.4) is 0 Å². The van der Waals surface area contributed by atoms with E-state index in [2.05, 4.69) is 36.8 Å². The number of aromatic nitrogens is 4. The molecule has 1 aromatic heterocycles. The van der Waals surface area contributed by atoms with Gasteiger partial charge in [-0.25, -0.2) is 0 Å². The van der Waals surface area contributed by atoms with Crippen LogP contribution in [0.25, 0.3) is 5.69 Å². The lowest BCUT2D eigenvalue weighted by Gasteiger charge is -2.09. The number of anilines is 2. The molecule has 0 saturated heterocycles. The second kappa shape index (κ2) is 6.01. The van der Waals surface area contributed by atoms with Crippen LogP contribution in [-0.4, -0.2) is 20.2 Å². The summed E-state index contributed by atoms with van der Waals surface area (Å²) in [5, 5.41) is 16.1. The van der Waals surface area contributed by atoms with E-state index in [1.807, 2.05) is 18.2 Å². The zero-order valence-electron chi connectivity index (χ0n) is 10.5. The molecule has 21 heavy (non-hydrogen) atoms. The number of halogens is 3. The van der Waals surface area contributed by atoms with E-state index in [1.54, 1.807) is 28.9 Å². The Labute approximate surface area is 139 Å². The Balaban J connectivity index is 1.94. The molecule has 0 unspecified atom stereocenters. The summed E-state index contributed by atoms with van der Waals surface area (Å²) in [6.45, 7) is 0. The summed E-state index contributed by atoms with van der Waals surface area (Å²) >= 11 is 15.2. The Kier molecular flexibility index (Phi) is 4.10. The average Bonchev–Trinajstić information content (AvgIpc) is 2.91. The van der Waals surface area contributed by atoms with Crippen LogP contribution in [0.1, 0.15) is 0 Å². The van der Waals surface area contributed by atoms with E-state index >= 15 is 0 Å². The maximum Gasteiger partial charge on any atom is 0.252 e. The third-order valence-corrected chi connectivity index (χ3v) is 3.86. The second-order valence-corrected chi connectivity index (χ2v) is 5.87. The van der Waals surface area contributed by atoms with Gasteiger partial charge in [0.25, 0.3) is 5.95 Å². The van der Waals surface area contributed by atoms with Crippen molar-refractivity contribution >= 4 is 50.8 Å². The molecule has 0 fully saturated rings. The van der Waals surface area contributed by atoms with Crippen molar-refractivity contribution in [3.05, 3.63) is 57.0 Å². The summed E-state index contributed by atoms with van der Waals surface area (Å²) in [5.74, 6) is 0.486. The van der Waals surface area contributed by atoms with Crippen LogP contribution in [0.5, 0.6) is 0 Å². The maximum absolute atomic E-state index is 5.92. The zero-order valence-corrected chi connectivity index (χ0v) is 13.6. The molecule has 0 bridgehead atoms. The highest BCUT2D eigenvalue weighted by molar-refractivity contribution is 9.10. The smallest absolute Gasteiger partial charge is 0.252 e. The molecule has 0 amide bonds. The summed E-state index contributed by atoms with van der Waals surface area (Å²) in [7, 11) is 0. The third kappa shape index (κ3) is 3.18. The first kappa shape index (κ1) is 14.3. The molecule has 0 aliphatic heterocycles. The molecule has 1 N–H and O–H groups in total. The fourth-order valence-electron chi connectivity index (χ4n) is 1.73. The normalized spacial score (nSPS) is 10.6. The quantitative estimate of drug-likeness (QED) is 0.723. The molecule has 1 heterocycles. The van der Waals surface area contributed by atoms with E-state index in [1.165, 1.54) is 0 Å². The van der Waals surface area contributed by atoms with Crippen molar-refractivity contribution in [1.29, 1.82) is 0 Å². The Bertz CT molecular complexity index is 772. The monoisotopic (exact) mass is 383 g/mol. The highest BCUT2D eigenvalue weighted by Crippen LogP contribution is 2.28. The molecule has 0 aliphatic carbocycles. The largest absolute Gasteiger partial charge is 0.322 e. The minimum Gasteiger partial charge on any atom is -0.322 e. The van der Waals surface area contributed by atoms with Gasteiger partial charge in [-0.2, -0.15) is 4.68 Å². The van der Waals surface area contributed by atoms with Crippen LogP contribution in [-0.2, 0) is 0 Å². The van der Waals surface area contributed by atoms with E-state index in [-0.39, 0.29) is 0 Å². The summed E-state index contributed by atoms with van der Waals surface area (Å²) in [6.07, 6.45) is 0. The molecule has 8 heteroatoms. The van der Waals surface area contributed by atoms with Gasteiger partial charge in [0.05, 0.1) is 11.4 Å². The van der Waals surface area contributed by atoms with E-state index < -0.39 is 0 Å². The van der Waals surface area contributed by atoms with Crippen molar-refractivity contribution in [1.82, 2.24) is 20.2 Å². The molecule has 0 spiro atoms. The van der Waals surface area contributed by atoms with Gasteiger partial charge in [0.1, 0.15) is 0 Å². The molecule has 0 radical (unpaired) electrons. The first-order valence-corrected chi connectivity index (χ1v) is 7.45. The van der Waals surface area contributed by atoms with E-state index in [0.29, 0.717) is 16.0 Å². The lowest BCUT2D eigenvalue weighted by atomic mass is 10.3. The minimum atomic E-state index is 0.486. The summed E-state index contributed by atoms with van der Waals surface area (Å²) in [5.41, 5.74) is 1.61. The van der Waals surface area contributed by atoms with Gasteiger partial charge in [-0.05, 0) is 68.8 Å². The van der Waals surface area contributed by atoms with Gasteiger partial charge >= 0.3 is 0 Å². The molecule has 3 rings (SSSR count). The molecule has 5 nitrogen and oxygen atoms in total. The van der Waals surface area contributed by atoms with E-state index in [0.717, 1.165) is 15.8 Å². The van der Waals surface area contributed by atoms with Crippen molar-refractivity contribution in [3.8, 4) is 5.69 Å². The number of nitrogens with one attached hydrogen (secondary N) is 1. The van der Waals surface area contributed by atoms with Gasteiger partial charge in [-0.3, -0.25) is 0 Å². The second-order valence-electron chi connectivity index (χ2n) is 4.14. The van der Waals surface area contributed by atoms with E-state index in [4.69, 9.17) is 23.2 Å². The lowest BCUT2D eigenvalue weighted by molar-refractivity contribution is 0.791. The predicted octanol–water partition coefficient (Wildman–Crippen LogP) is 4.48. The Morgan fingerprint density at radius 1 is 1.00 bits per heavy atom. The van der Waals surface area contributed by atoms with Gasteiger partial charge in [0.15, 0.2) is 0 Å². The van der Waals surface area contributed by atoms with Crippen molar-refractivity contribution in [2.75, 3.05) is 5.32 Å². The molecule has 0 aliphatic rings. The lowest BCUT2D eigenvalue weighted by Crippen LogP contribution is -2.03. The number of tetrazole rings is 1. The highest BCUT2D eigenvalue weighted by atomic mass is 79.9. The van der Waals surface area contributed by atoms with Gasteiger partial charge in [0.2, 0.25) is 0 Å². The SMILES string of the molecule is Clc1ccc(-n2nnnc2Nc2ccc(Cl)cc2Br)cc1. The van der Waals surface area contributed by atoms with Crippen LogP contribution < -0.4 is 5.32 Å². The number of benzene rings is 2. The van der Waals surface area contributed by atoms with Crippen molar-refractivity contribution in [2.45, 2.75) is 0 Å². The molecule has 106 valence electrons.